The van der Waals surface area contributed by atoms with Crippen LogP contribution in [-0.2, 0) is 6.42 Å². The van der Waals surface area contributed by atoms with Gasteiger partial charge in [0.1, 0.15) is 5.69 Å². The molecule has 0 aromatic carbocycles. The standard InChI is InChI=1S/C7H6BrNOS/c8-7-9-6-4(10)2-1-3-5(6)11-7/h1-3H2. The molecule has 0 aliphatic heterocycles. The molecule has 0 amide bonds. The largest absolute Gasteiger partial charge is 0.292 e. The molecular weight excluding hydrogens is 226 g/mol. The van der Waals surface area contributed by atoms with Crippen LogP contribution < -0.4 is 0 Å². The lowest BCUT2D eigenvalue weighted by Gasteiger charge is -2.05. The molecule has 1 aromatic rings. The van der Waals surface area contributed by atoms with E-state index in [1.165, 1.54) is 0 Å². The Morgan fingerprint density at radius 1 is 1.45 bits per heavy atom. The van der Waals surface area contributed by atoms with Crippen LogP contribution in [0, 0.1) is 0 Å². The normalized spacial score (nSPS) is 16.6. The predicted molar refractivity (Wildman–Crippen MR) is 47.1 cm³/mol. The Balaban J connectivity index is 2.52. The number of ketones is 1. The van der Waals surface area contributed by atoms with Crippen molar-refractivity contribution < 1.29 is 4.79 Å². The highest BCUT2D eigenvalue weighted by molar-refractivity contribution is 9.11. The first kappa shape index (κ1) is 7.43. The van der Waals surface area contributed by atoms with E-state index >= 15 is 0 Å². The molecule has 1 aromatic heterocycles. The minimum Gasteiger partial charge on any atom is -0.292 e. The van der Waals surface area contributed by atoms with Crippen molar-refractivity contribution in [2.24, 2.45) is 0 Å². The van der Waals surface area contributed by atoms with Crippen molar-refractivity contribution in [3.63, 3.8) is 0 Å². The van der Waals surface area contributed by atoms with Crippen LogP contribution in [0.1, 0.15) is 28.2 Å². The summed E-state index contributed by atoms with van der Waals surface area (Å²) in [4.78, 5) is 16.5. The molecule has 1 heterocycles. The maximum atomic E-state index is 11.2. The van der Waals surface area contributed by atoms with E-state index < -0.39 is 0 Å². The Labute approximate surface area is 76.8 Å². The second-order valence-corrected chi connectivity index (χ2v) is 4.87. The van der Waals surface area contributed by atoms with Gasteiger partial charge in [0.15, 0.2) is 9.70 Å². The summed E-state index contributed by atoms with van der Waals surface area (Å²) < 4.78 is 0.831. The zero-order valence-electron chi connectivity index (χ0n) is 5.76. The van der Waals surface area contributed by atoms with Gasteiger partial charge in [-0.15, -0.1) is 11.3 Å². The van der Waals surface area contributed by atoms with Crippen molar-refractivity contribution in [2.45, 2.75) is 19.3 Å². The molecule has 0 unspecified atom stereocenters. The molecule has 0 bridgehead atoms. The Kier molecular flexibility index (Phi) is 1.81. The van der Waals surface area contributed by atoms with Crippen LogP contribution in [0.2, 0.25) is 0 Å². The highest BCUT2D eigenvalue weighted by Crippen LogP contribution is 2.29. The molecule has 1 aliphatic carbocycles. The molecule has 1 aliphatic rings. The van der Waals surface area contributed by atoms with Crippen LogP contribution in [-0.4, -0.2) is 10.8 Å². The lowest BCUT2D eigenvalue weighted by molar-refractivity contribution is 0.0968. The Hall–Kier alpha value is -0.220. The fourth-order valence-corrected chi connectivity index (χ4v) is 2.84. The average molecular weight is 232 g/mol. The number of hydrogen-bond acceptors (Lipinski definition) is 3. The van der Waals surface area contributed by atoms with Crippen molar-refractivity contribution in [3.8, 4) is 0 Å². The highest BCUT2D eigenvalue weighted by atomic mass is 79.9. The van der Waals surface area contributed by atoms with E-state index in [0.717, 1.165) is 21.6 Å². The van der Waals surface area contributed by atoms with E-state index in [0.29, 0.717) is 12.1 Å². The van der Waals surface area contributed by atoms with Gasteiger partial charge in [-0.05, 0) is 28.8 Å². The third kappa shape index (κ3) is 1.25. The molecule has 0 spiro atoms. The molecule has 0 fully saturated rings. The van der Waals surface area contributed by atoms with Gasteiger partial charge in [-0.1, -0.05) is 0 Å². The number of carbonyl (C=O) groups is 1. The van der Waals surface area contributed by atoms with E-state index in [1.807, 2.05) is 0 Å². The molecule has 0 saturated carbocycles. The zero-order chi connectivity index (χ0) is 7.84. The highest BCUT2D eigenvalue weighted by Gasteiger charge is 2.21. The van der Waals surface area contributed by atoms with Crippen molar-refractivity contribution in [1.82, 2.24) is 4.98 Å². The molecule has 0 atom stereocenters. The van der Waals surface area contributed by atoms with E-state index in [-0.39, 0.29) is 5.78 Å². The molecule has 58 valence electrons. The number of fused-ring (bicyclic) bond motifs is 1. The van der Waals surface area contributed by atoms with Crippen LogP contribution in [0.25, 0.3) is 0 Å². The summed E-state index contributed by atoms with van der Waals surface area (Å²) in [6, 6.07) is 0. The number of thiazole rings is 1. The van der Waals surface area contributed by atoms with Crippen LogP contribution in [0.3, 0.4) is 0 Å². The Morgan fingerprint density at radius 2 is 2.27 bits per heavy atom. The van der Waals surface area contributed by atoms with Gasteiger partial charge in [0, 0.05) is 11.3 Å². The quantitative estimate of drug-likeness (QED) is 0.687. The fourth-order valence-electron chi connectivity index (χ4n) is 1.24. The SMILES string of the molecule is O=C1CCCc2sc(Br)nc21. The lowest BCUT2D eigenvalue weighted by Crippen LogP contribution is -2.08. The summed E-state index contributed by atoms with van der Waals surface area (Å²) in [6.07, 6.45) is 2.67. The van der Waals surface area contributed by atoms with Gasteiger partial charge in [-0.3, -0.25) is 4.79 Å². The number of nitrogens with zero attached hydrogens (tertiary/aromatic N) is 1. The monoisotopic (exact) mass is 231 g/mol. The minimum absolute atomic E-state index is 0.202. The third-order valence-electron chi connectivity index (χ3n) is 1.74. The number of halogens is 1. The van der Waals surface area contributed by atoms with Gasteiger partial charge >= 0.3 is 0 Å². The molecule has 2 rings (SSSR count). The number of carbonyl (C=O) groups excluding carboxylic acids is 1. The molecule has 2 nitrogen and oxygen atoms in total. The first-order valence-corrected chi connectivity index (χ1v) is 5.07. The summed E-state index contributed by atoms with van der Waals surface area (Å²) in [6.45, 7) is 0. The van der Waals surface area contributed by atoms with Crippen molar-refractivity contribution in [1.29, 1.82) is 0 Å². The van der Waals surface area contributed by atoms with E-state index in [1.54, 1.807) is 11.3 Å². The second kappa shape index (κ2) is 2.68. The number of rotatable bonds is 0. The Morgan fingerprint density at radius 3 is 3.00 bits per heavy atom. The van der Waals surface area contributed by atoms with Gasteiger partial charge < -0.3 is 0 Å². The number of hydrogen-bond donors (Lipinski definition) is 0. The summed E-state index contributed by atoms with van der Waals surface area (Å²) >= 11 is 4.85. The summed E-state index contributed by atoms with van der Waals surface area (Å²) in [5, 5.41) is 0. The van der Waals surface area contributed by atoms with Gasteiger partial charge in [0.05, 0.1) is 0 Å². The van der Waals surface area contributed by atoms with Crippen molar-refractivity contribution >= 4 is 33.0 Å². The number of Topliss-reactive ketones (excluding diaryl/α,β-unsaturated/α-hetero) is 1. The molecule has 0 saturated heterocycles. The van der Waals surface area contributed by atoms with Crippen LogP contribution in [0.15, 0.2) is 3.92 Å². The Bertz CT molecular complexity index is 307. The topological polar surface area (TPSA) is 30.0 Å². The van der Waals surface area contributed by atoms with E-state index in [9.17, 15) is 4.79 Å². The van der Waals surface area contributed by atoms with Gasteiger partial charge in [-0.25, -0.2) is 4.98 Å². The lowest BCUT2D eigenvalue weighted by atomic mass is 10.0. The maximum Gasteiger partial charge on any atom is 0.182 e. The molecule has 11 heavy (non-hydrogen) atoms. The number of aryl methyl sites for hydroxylation is 1. The minimum atomic E-state index is 0.202. The molecular formula is C7H6BrNOS. The fraction of sp³-hybridized carbons (Fsp3) is 0.429. The van der Waals surface area contributed by atoms with Gasteiger partial charge in [-0.2, -0.15) is 0 Å². The van der Waals surface area contributed by atoms with E-state index in [4.69, 9.17) is 0 Å². The molecule has 0 N–H and O–H groups in total. The number of aromatic nitrogens is 1. The summed E-state index contributed by atoms with van der Waals surface area (Å²) in [7, 11) is 0. The zero-order valence-corrected chi connectivity index (χ0v) is 8.17. The van der Waals surface area contributed by atoms with E-state index in [2.05, 4.69) is 20.9 Å². The van der Waals surface area contributed by atoms with Gasteiger partial charge in [0.25, 0.3) is 0 Å². The second-order valence-electron chi connectivity index (χ2n) is 2.52. The smallest absolute Gasteiger partial charge is 0.182 e. The van der Waals surface area contributed by atoms with Crippen LogP contribution in [0.4, 0.5) is 0 Å². The van der Waals surface area contributed by atoms with Crippen LogP contribution >= 0.6 is 27.3 Å². The van der Waals surface area contributed by atoms with Gasteiger partial charge in [0.2, 0.25) is 0 Å². The third-order valence-corrected chi connectivity index (χ3v) is 3.31. The van der Waals surface area contributed by atoms with Crippen molar-refractivity contribution in [2.75, 3.05) is 0 Å². The summed E-state index contributed by atoms with van der Waals surface area (Å²) in [5.41, 5.74) is 0.702. The first-order valence-electron chi connectivity index (χ1n) is 3.46. The predicted octanol–water partition coefficient (Wildman–Crippen LogP) is 2.42. The molecule has 4 heteroatoms. The van der Waals surface area contributed by atoms with Crippen LogP contribution in [0.5, 0.6) is 0 Å². The summed E-state index contributed by atoms with van der Waals surface area (Å²) in [5.74, 6) is 0.202. The average Bonchev–Trinajstić information content (AvgIpc) is 2.31. The van der Waals surface area contributed by atoms with Crippen molar-refractivity contribution in [3.05, 3.63) is 14.5 Å². The molecule has 0 radical (unpaired) electrons. The first-order chi connectivity index (χ1) is 5.27. The maximum absolute atomic E-state index is 11.2.